The zero-order chi connectivity index (χ0) is 22.8. The predicted octanol–water partition coefficient (Wildman–Crippen LogP) is 5.43. The predicted molar refractivity (Wildman–Crippen MR) is 140 cm³/mol. The molecule has 2 aliphatic heterocycles. The summed E-state index contributed by atoms with van der Waals surface area (Å²) in [5, 5.41) is 11.7. The Bertz CT molecular complexity index is 812. The number of hydrogen-bond acceptors (Lipinski definition) is 4. The minimum absolute atomic E-state index is 0.565. The maximum atomic E-state index is 6.02. The molecule has 0 amide bonds. The molecule has 0 aromatic heterocycles. The van der Waals surface area contributed by atoms with Crippen molar-refractivity contribution in [1.82, 2.24) is 16.0 Å². The van der Waals surface area contributed by atoms with Crippen LogP contribution in [0.5, 0.6) is 0 Å². The summed E-state index contributed by atoms with van der Waals surface area (Å²) >= 11 is 15.1. The molecular weight excluding hydrogens is 495 g/mol. The Morgan fingerprint density at radius 2 is 1.52 bits per heavy atom. The molecule has 0 unspecified atom stereocenters. The molecule has 0 spiro atoms. The van der Waals surface area contributed by atoms with Gasteiger partial charge < -0.3 is 20.9 Å². The van der Waals surface area contributed by atoms with Crippen molar-refractivity contribution in [2.75, 3.05) is 44.2 Å². The number of rotatable bonds is 1. The summed E-state index contributed by atoms with van der Waals surface area (Å²) in [6, 6.07) is 13.3. The normalized spacial score (nSPS) is 20.8. The molecule has 2 aliphatic rings. The fraction of sp³-hybridized carbons (Fsp3) is 0.500. The van der Waals surface area contributed by atoms with E-state index in [2.05, 4.69) is 69.7 Å². The summed E-state index contributed by atoms with van der Waals surface area (Å²) in [5.41, 5.74) is 3.54. The van der Waals surface area contributed by atoms with Crippen LogP contribution in [-0.4, -0.2) is 51.4 Å². The Labute approximate surface area is 206 Å². The van der Waals surface area contributed by atoms with Gasteiger partial charge in [0, 0.05) is 71.6 Å². The molecule has 172 valence electrons. The number of anilines is 1. The number of nitrogens with one attached hydrogen (secondary N) is 3. The summed E-state index contributed by atoms with van der Waals surface area (Å²) in [7, 11) is 0. The van der Waals surface area contributed by atoms with E-state index >= 15 is 0 Å². The monoisotopic (exact) mass is 528 g/mol. The van der Waals surface area contributed by atoms with E-state index in [1.807, 2.05) is 31.2 Å². The molecular formula is C24H35BrCl2N4. The number of nitrogens with zero attached hydrogens (tertiary/aromatic N) is 1. The molecule has 2 atom stereocenters. The molecule has 0 aliphatic carbocycles. The molecule has 0 bridgehead atoms. The Morgan fingerprint density at radius 3 is 2.00 bits per heavy atom. The van der Waals surface area contributed by atoms with Crippen molar-refractivity contribution in [3.63, 3.8) is 0 Å². The van der Waals surface area contributed by atoms with Crippen molar-refractivity contribution in [3.8, 4) is 0 Å². The van der Waals surface area contributed by atoms with Crippen molar-refractivity contribution in [2.24, 2.45) is 0 Å². The quantitative estimate of drug-likeness (QED) is 0.461. The van der Waals surface area contributed by atoms with Crippen LogP contribution in [-0.2, 0) is 0 Å². The van der Waals surface area contributed by atoms with Gasteiger partial charge in [-0.05, 0) is 75.2 Å². The number of benzene rings is 2. The third kappa shape index (κ3) is 9.68. The SMILES string of the molecule is C[C@@H]1CNCCN1.Cc1cc(Br)ccc1Cl.Cc1cc(N2CCN[C@H](C)C2)ccc1Cl. The zero-order valence-electron chi connectivity index (χ0n) is 18.9. The molecule has 31 heavy (non-hydrogen) atoms. The van der Waals surface area contributed by atoms with E-state index in [0.29, 0.717) is 12.1 Å². The highest BCUT2D eigenvalue weighted by atomic mass is 79.9. The van der Waals surface area contributed by atoms with Crippen molar-refractivity contribution < 1.29 is 0 Å². The van der Waals surface area contributed by atoms with E-state index in [9.17, 15) is 0 Å². The molecule has 0 radical (unpaired) electrons. The van der Waals surface area contributed by atoms with E-state index in [0.717, 1.165) is 64.9 Å². The van der Waals surface area contributed by atoms with Crippen LogP contribution < -0.4 is 20.9 Å². The van der Waals surface area contributed by atoms with Gasteiger partial charge in [-0.2, -0.15) is 0 Å². The Morgan fingerprint density at radius 1 is 0.871 bits per heavy atom. The van der Waals surface area contributed by atoms with Gasteiger partial charge in [0.2, 0.25) is 0 Å². The van der Waals surface area contributed by atoms with Crippen LogP contribution in [0.3, 0.4) is 0 Å². The number of halogens is 3. The van der Waals surface area contributed by atoms with E-state index in [1.165, 1.54) is 5.69 Å². The molecule has 4 rings (SSSR count). The summed E-state index contributed by atoms with van der Waals surface area (Å²) in [6.07, 6.45) is 0. The minimum Gasteiger partial charge on any atom is -0.369 e. The van der Waals surface area contributed by atoms with Crippen LogP contribution in [0.4, 0.5) is 5.69 Å². The van der Waals surface area contributed by atoms with Crippen LogP contribution in [0.2, 0.25) is 10.0 Å². The molecule has 2 heterocycles. The Balaban J connectivity index is 0.000000181. The van der Waals surface area contributed by atoms with Crippen LogP contribution in [0.25, 0.3) is 0 Å². The minimum atomic E-state index is 0.565. The van der Waals surface area contributed by atoms with E-state index in [4.69, 9.17) is 23.2 Å². The highest BCUT2D eigenvalue weighted by Crippen LogP contribution is 2.23. The fourth-order valence-corrected chi connectivity index (χ4v) is 4.11. The molecule has 0 saturated carbocycles. The fourth-order valence-electron chi connectivity index (χ4n) is 3.40. The average molecular weight is 530 g/mol. The second kappa shape index (κ2) is 13.7. The first-order chi connectivity index (χ1) is 14.8. The maximum Gasteiger partial charge on any atom is 0.0436 e. The van der Waals surface area contributed by atoms with Crippen LogP contribution in [0.15, 0.2) is 40.9 Å². The highest BCUT2D eigenvalue weighted by Gasteiger charge is 2.16. The lowest BCUT2D eigenvalue weighted by Gasteiger charge is -2.33. The highest BCUT2D eigenvalue weighted by molar-refractivity contribution is 9.10. The van der Waals surface area contributed by atoms with Crippen LogP contribution in [0.1, 0.15) is 25.0 Å². The molecule has 2 fully saturated rings. The van der Waals surface area contributed by atoms with Gasteiger partial charge in [0.05, 0.1) is 0 Å². The standard InChI is InChI=1S/C12H17ClN2.C7H6BrCl.C5H12N2/c1-9-7-11(3-4-12(9)13)15-6-5-14-10(2)8-15;1-5-4-6(8)2-3-7(5)9;1-5-4-6-2-3-7-5/h3-4,7,10,14H,5-6,8H2,1-2H3;2-4H,1H3;5-7H,2-4H2,1H3/t10-;;5-/m1.1/s1. The van der Waals surface area contributed by atoms with Gasteiger partial charge in [-0.25, -0.2) is 0 Å². The van der Waals surface area contributed by atoms with Crippen molar-refractivity contribution >= 4 is 44.8 Å². The van der Waals surface area contributed by atoms with E-state index in [1.54, 1.807) is 0 Å². The Hall–Kier alpha value is -0.820. The van der Waals surface area contributed by atoms with Crippen LogP contribution >= 0.6 is 39.1 Å². The topological polar surface area (TPSA) is 39.3 Å². The molecule has 2 aromatic carbocycles. The largest absolute Gasteiger partial charge is 0.369 e. The van der Waals surface area contributed by atoms with Gasteiger partial charge in [0.1, 0.15) is 0 Å². The first-order valence-electron chi connectivity index (χ1n) is 10.9. The van der Waals surface area contributed by atoms with Gasteiger partial charge in [0.25, 0.3) is 0 Å². The molecule has 3 N–H and O–H groups in total. The second-order valence-electron chi connectivity index (χ2n) is 8.19. The maximum absolute atomic E-state index is 6.02. The number of piperazine rings is 2. The van der Waals surface area contributed by atoms with Gasteiger partial charge >= 0.3 is 0 Å². The van der Waals surface area contributed by atoms with Crippen LogP contribution in [0, 0.1) is 13.8 Å². The molecule has 7 heteroatoms. The zero-order valence-corrected chi connectivity index (χ0v) is 22.0. The van der Waals surface area contributed by atoms with Crippen molar-refractivity contribution in [1.29, 1.82) is 0 Å². The van der Waals surface area contributed by atoms with Gasteiger partial charge in [-0.3, -0.25) is 0 Å². The second-order valence-corrected chi connectivity index (χ2v) is 9.92. The summed E-state index contributed by atoms with van der Waals surface area (Å²) < 4.78 is 1.07. The molecule has 4 nitrogen and oxygen atoms in total. The summed E-state index contributed by atoms with van der Waals surface area (Å²) in [6.45, 7) is 15.0. The smallest absolute Gasteiger partial charge is 0.0436 e. The third-order valence-corrected chi connectivity index (χ3v) is 6.58. The number of hydrogen-bond donors (Lipinski definition) is 3. The average Bonchev–Trinajstić information content (AvgIpc) is 2.74. The molecule has 2 aromatic rings. The third-order valence-electron chi connectivity index (χ3n) is 5.24. The molecule has 2 saturated heterocycles. The Kier molecular flexibility index (Phi) is 11.7. The lowest BCUT2D eigenvalue weighted by Crippen LogP contribution is -2.49. The number of aryl methyl sites for hydroxylation is 2. The first-order valence-corrected chi connectivity index (χ1v) is 12.4. The van der Waals surface area contributed by atoms with Gasteiger partial charge in [0.15, 0.2) is 0 Å². The summed E-state index contributed by atoms with van der Waals surface area (Å²) in [4.78, 5) is 2.41. The van der Waals surface area contributed by atoms with E-state index < -0.39 is 0 Å². The first kappa shape index (κ1) is 26.4. The lowest BCUT2D eigenvalue weighted by atomic mass is 10.1. The van der Waals surface area contributed by atoms with Crippen molar-refractivity contribution in [2.45, 2.75) is 39.8 Å². The van der Waals surface area contributed by atoms with Gasteiger partial charge in [-0.1, -0.05) is 39.1 Å². The van der Waals surface area contributed by atoms with E-state index in [-0.39, 0.29) is 0 Å². The lowest BCUT2D eigenvalue weighted by molar-refractivity contribution is 0.442. The van der Waals surface area contributed by atoms with Gasteiger partial charge in [-0.15, -0.1) is 0 Å². The summed E-state index contributed by atoms with van der Waals surface area (Å²) in [5.74, 6) is 0. The van der Waals surface area contributed by atoms with Crippen molar-refractivity contribution in [3.05, 3.63) is 62.0 Å².